The van der Waals surface area contributed by atoms with E-state index in [9.17, 15) is 9.59 Å². The van der Waals surface area contributed by atoms with Crippen LogP contribution in [0, 0.1) is 6.92 Å². The van der Waals surface area contributed by atoms with Gasteiger partial charge in [0.25, 0.3) is 5.91 Å². The second kappa shape index (κ2) is 10.2. The first kappa shape index (κ1) is 19.5. The van der Waals surface area contributed by atoms with Crippen LogP contribution in [0.2, 0.25) is 0 Å². The zero-order chi connectivity index (χ0) is 18.8. The monoisotopic (exact) mass is 357 g/mol. The average molecular weight is 357 g/mol. The third-order valence-corrected chi connectivity index (χ3v) is 3.56. The molecule has 0 heterocycles. The minimum Gasteiger partial charge on any atom is -0.482 e. The Labute approximate surface area is 153 Å². The van der Waals surface area contributed by atoms with Gasteiger partial charge in [-0.15, -0.1) is 0 Å². The number of esters is 1. The molecule has 2 aromatic rings. The first-order valence-electron chi connectivity index (χ1n) is 8.43. The van der Waals surface area contributed by atoms with Crippen LogP contribution in [0.1, 0.15) is 22.8 Å². The molecule has 0 bridgehead atoms. The summed E-state index contributed by atoms with van der Waals surface area (Å²) in [5.41, 5.74) is 2.26. The number of hydrogen-bond donors (Lipinski definition) is 1. The summed E-state index contributed by atoms with van der Waals surface area (Å²) in [6.45, 7) is 4.76. The minimum atomic E-state index is -0.467. The van der Waals surface area contributed by atoms with Gasteiger partial charge in [0.1, 0.15) is 12.4 Å². The number of para-hydroxylation sites is 1. The number of ether oxygens (including phenoxy) is 3. The molecule has 6 heteroatoms. The van der Waals surface area contributed by atoms with E-state index in [-0.39, 0.29) is 19.1 Å². The molecule has 0 aromatic heterocycles. The summed E-state index contributed by atoms with van der Waals surface area (Å²) in [7, 11) is 0. The summed E-state index contributed by atoms with van der Waals surface area (Å²) in [6.07, 6.45) is 0. The Kier molecular flexibility index (Phi) is 7.64. The maximum Gasteiger partial charge on any atom is 0.344 e. The van der Waals surface area contributed by atoms with Crippen molar-refractivity contribution in [2.24, 2.45) is 0 Å². The third-order valence-electron chi connectivity index (χ3n) is 3.56. The third kappa shape index (κ3) is 6.22. The number of aryl methyl sites for hydroxylation is 1. The SMILES string of the molecule is CCOCCOC(=O)COc1ccc(C(=O)Nc2ccccc2C)cc1. The van der Waals surface area contributed by atoms with Crippen molar-refractivity contribution in [3.05, 3.63) is 59.7 Å². The standard InChI is InChI=1S/C20H23NO5/c1-3-24-12-13-25-19(22)14-26-17-10-8-16(9-11-17)20(23)21-18-7-5-4-6-15(18)2/h4-11H,3,12-14H2,1-2H3,(H,21,23). The van der Waals surface area contributed by atoms with E-state index >= 15 is 0 Å². The van der Waals surface area contributed by atoms with Crippen molar-refractivity contribution in [3.63, 3.8) is 0 Å². The molecule has 0 saturated heterocycles. The molecule has 6 nitrogen and oxygen atoms in total. The molecule has 26 heavy (non-hydrogen) atoms. The van der Waals surface area contributed by atoms with E-state index in [0.717, 1.165) is 11.3 Å². The van der Waals surface area contributed by atoms with Gasteiger partial charge in [-0.3, -0.25) is 4.79 Å². The van der Waals surface area contributed by atoms with Gasteiger partial charge in [0, 0.05) is 17.9 Å². The van der Waals surface area contributed by atoms with Crippen LogP contribution in [-0.4, -0.2) is 38.3 Å². The minimum absolute atomic E-state index is 0.194. The number of amides is 1. The van der Waals surface area contributed by atoms with E-state index in [1.54, 1.807) is 24.3 Å². The molecule has 0 spiro atoms. The molecule has 0 fully saturated rings. The maximum atomic E-state index is 12.3. The van der Waals surface area contributed by atoms with Crippen LogP contribution in [0.15, 0.2) is 48.5 Å². The van der Waals surface area contributed by atoms with Crippen LogP contribution >= 0.6 is 0 Å². The van der Waals surface area contributed by atoms with Gasteiger partial charge in [-0.05, 0) is 49.7 Å². The smallest absolute Gasteiger partial charge is 0.344 e. The Balaban J connectivity index is 1.81. The van der Waals surface area contributed by atoms with Gasteiger partial charge in [0.05, 0.1) is 6.61 Å². The van der Waals surface area contributed by atoms with Crippen molar-refractivity contribution in [2.45, 2.75) is 13.8 Å². The van der Waals surface area contributed by atoms with Crippen molar-refractivity contribution in [3.8, 4) is 5.75 Å². The number of benzene rings is 2. The Morgan fingerprint density at radius 3 is 2.42 bits per heavy atom. The van der Waals surface area contributed by atoms with Gasteiger partial charge in [-0.2, -0.15) is 0 Å². The number of anilines is 1. The summed E-state index contributed by atoms with van der Waals surface area (Å²) in [4.78, 5) is 23.8. The molecule has 1 N–H and O–H groups in total. The summed E-state index contributed by atoms with van der Waals surface area (Å²) < 4.78 is 15.4. The van der Waals surface area contributed by atoms with Crippen LogP contribution in [0.5, 0.6) is 5.75 Å². The Bertz CT molecular complexity index is 727. The highest BCUT2D eigenvalue weighted by molar-refractivity contribution is 6.04. The molecule has 1 amide bonds. The second-order valence-corrected chi connectivity index (χ2v) is 5.50. The summed E-state index contributed by atoms with van der Waals surface area (Å²) in [6, 6.07) is 14.1. The van der Waals surface area contributed by atoms with Crippen LogP contribution in [0.25, 0.3) is 0 Å². The molecular formula is C20H23NO5. The van der Waals surface area contributed by atoms with Crippen molar-refractivity contribution >= 4 is 17.6 Å². The number of nitrogens with one attached hydrogen (secondary N) is 1. The molecule has 2 aromatic carbocycles. The Morgan fingerprint density at radius 1 is 1.00 bits per heavy atom. The number of rotatable bonds is 9. The van der Waals surface area contributed by atoms with Gasteiger partial charge >= 0.3 is 5.97 Å². The van der Waals surface area contributed by atoms with Crippen LogP contribution in [0.4, 0.5) is 5.69 Å². The van der Waals surface area contributed by atoms with E-state index < -0.39 is 5.97 Å². The maximum absolute atomic E-state index is 12.3. The molecule has 0 aliphatic rings. The van der Waals surface area contributed by atoms with Gasteiger partial charge in [-0.25, -0.2) is 4.79 Å². The molecule has 0 aliphatic heterocycles. The van der Waals surface area contributed by atoms with Crippen LogP contribution in [0.3, 0.4) is 0 Å². The van der Waals surface area contributed by atoms with Crippen molar-refractivity contribution in [1.82, 2.24) is 0 Å². The summed E-state index contributed by atoms with van der Waals surface area (Å²) in [5.74, 6) is -0.188. The predicted octanol–water partition coefficient (Wildman–Crippen LogP) is 3.21. The van der Waals surface area contributed by atoms with E-state index in [4.69, 9.17) is 14.2 Å². The molecule has 138 valence electrons. The zero-order valence-corrected chi connectivity index (χ0v) is 15.0. The fraction of sp³-hybridized carbons (Fsp3) is 0.300. The normalized spacial score (nSPS) is 10.2. The van der Waals surface area contributed by atoms with E-state index in [1.807, 2.05) is 38.1 Å². The summed E-state index contributed by atoms with van der Waals surface area (Å²) >= 11 is 0. The highest BCUT2D eigenvalue weighted by Gasteiger charge is 2.09. The molecule has 2 rings (SSSR count). The van der Waals surface area contributed by atoms with Gasteiger partial charge in [0.2, 0.25) is 0 Å². The lowest BCUT2D eigenvalue weighted by atomic mass is 10.1. The van der Waals surface area contributed by atoms with Gasteiger partial charge in [0.15, 0.2) is 6.61 Å². The first-order valence-corrected chi connectivity index (χ1v) is 8.43. The van der Waals surface area contributed by atoms with Crippen LogP contribution in [-0.2, 0) is 14.3 Å². The molecular weight excluding hydrogens is 334 g/mol. The Hall–Kier alpha value is -2.86. The van der Waals surface area contributed by atoms with E-state index in [2.05, 4.69) is 5.32 Å². The van der Waals surface area contributed by atoms with Crippen molar-refractivity contribution < 1.29 is 23.8 Å². The van der Waals surface area contributed by atoms with Crippen molar-refractivity contribution in [1.29, 1.82) is 0 Å². The summed E-state index contributed by atoms with van der Waals surface area (Å²) in [5, 5.41) is 2.86. The lowest BCUT2D eigenvalue weighted by Crippen LogP contribution is -2.17. The molecule has 0 saturated carbocycles. The molecule has 0 radical (unpaired) electrons. The van der Waals surface area contributed by atoms with Gasteiger partial charge in [-0.1, -0.05) is 18.2 Å². The fourth-order valence-electron chi connectivity index (χ4n) is 2.15. The lowest BCUT2D eigenvalue weighted by Gasteiger charge is -2.09. The average Bonchev–Trinajstić information content (AvgIpc) is 2.66. The topological polar surface area (TPSA) is 73.9 Å². The van der Waals surface area contributed by atoms with Gasteiger partial charge < -0.3 is 19.5 Å². The van der Waals surface area contributed by atoms with Crippen molar-refractivity contribution in [2.75, 3.05) is 31.7 Å². The fourth-order valence-corrected chi connectivity index (χ4v) is 2.15. The predicted molar refractivity (Wildman–Crippen MR) is 98.5 cm³/mol. The quantitative estimate of drug-likeness (QED) is 0.551. The van der Waals surface area contributed by atoms with E-state index in [1.165, 1.54) is 0 Å². The highest BCUT2D eigenvalue weighted by atomic mass is 16.6. The highest BCUT2D eigenvalue weighted by Crippen LogP contribution is 2.16. The second-order valence-electron chi connectivity index (χ2n) is 5.50. The van der Waals surface area contributed by atoms with Crippen LogP contribution < -0.4 is 10.1 Å². The first-order chi connectivity index (χ1) is 12.6. The zero-order valence-electron chi connectivity index (χ0n) is 15.0. The number of hydrogen-bond acceptors (Lipinski definition) is 5. The molecule has 0 unspecified atom stereocenters. The largest absolute Gasteiger partial charge is 0.482 e. The lowest BCUT2D eigenvalue weighted by molar-refractivity contribution is -0.147. The molecule has 0 atom stereocenters. The van der Waals surface area contributed by atoms with E-state index in [0.29, 0.717) is 24.5 Å². The Morgan fingerprint density at radius 2 is 1.73 bits per heavy atom. The number of carbonyl (C=O) groups is 2. The molecule has 0 aliphatic carbocycles. The number of carbonyl (C=O) groups excluding carboxylic acids is 2.